The van der Waals surface area contributed by atoms with Crippen LogP contribution in [-0.4, -0.2) is 18.1 Å². The van der Waals surface area contributed by atoms with Crippen molar-refractivity contribution in [1.29, 1.82) is 0 Å². The molecule has 2 N–H and O–H groups in total. The van der Waals surface area contributed by atoms with Gasteiger partial charge in [0.25, 0.3) is 0 Å². The molecule has 5 nitrogen and oxygen atoms in total. The Kier molecular flexibility index (Phi) is 3.87. The van der Waals surface area contributed by atoms with Crippen LogP contribution in [0, 0.1) is 0 Å². The Morgan fingerprint density at radius 1 is 1.26 bits per heavy atom. The van der Waals surface area contributed by atoms with E-state index in [-0.39, 0.29) is 17.1 Å². The van der Waals surface area contributed by atoms with Gasteiger partial charge in [-0.2, -0.15) is 0 Å². The van der Waals surface area contributed by atoms with Gasteiger partial charge in [0.05, 0.1) is 12.7 Å². The summed E-state index contributed by atoms with van der Waals surface area (Å²) in [4.78, 5) is 15.5. The average molecular weight is 279 g/mol. The standard InChI is InChI=1S/C13H11ClN2O3/c1-18-13(17)10-6-7-16-12(11(10)15)19-9-4-2-8(14)3-5-9/h2-7H,15H2,1H3. The lowest BCUT2D eigenvalue weighted by Gasteiger charge is -2.09. The van der Waals surface area contributed by atoms with Gasteiger partial charge >= 0.3 is 5.97 Å². The number of anilines is 1. The quantitative estimate of drug-likeness (QED) is 0.874. The minimum absolute atomic E-state index is 0.129. The molecule has 6 heteroatoms. The number of halogens is 1. The monoisotopic (exact) mass is 278 g/mol. The van der Waals surface area contributed by atoms with Gasteiger partial charge < -0.3 is 15.2 Å². The van der Waals surface area contributed by atoms with Crippen molar-refractivity contribution in [3.05, 3.63) is 47.1 Å². The van der Waals surface area contributed by atoms with Crippen molar-refractivity contribution in [2.45, 2.75) is 0 Å². The van der Waals surface area contributed by atoms with E-state index in [0.717, 1.165) is 0 Å². The first-order chi connectivity index (χ1) is 9.11. The van der Waals surface area contributed by atoms with E-state index in [1.807, 2.05) is 0 Å². The summed E-state index contributed by atoms with van der Waals surface area (Å²) in [5.41, 5.74) is 6.16. The van der Waals surface area contributed by atoms with E-state index in [9.17, 15) is 4.79 Å². The number of carbonyl (C=O) groups excluding carboxylic acids is 1. The van der Waals surface area contributed by atoms with Gasteiger partial charge in [0.15, 0.2) is 0 Å². The van der Waals surface area contributed by atoms with Gasteiger partial charge in [-0.15, -0.1) is 0 Å². The fraction of sp³-hybridized carbons (Fsp3) is 0.0769. The lowest BCUT2D eigenvalue weighted by atomic mass is 10.2. The number of benzene rings is 1. The van der Waals surface area contributed by atoms with Crippen molar-refractivity contribution >= 4 is 23.3 Å². The zero-order chi connectivity index (χ0) is 13.8. The summed E-state index contributed by atoms with van der Waals surface area (Å²) in [5, 5.41) is 0.594. The van der Waals surface area contributed by atoms with Crippen molar-refractivity contribution in [3.63, 3.8) is 0 Å². The van der Waals surface area contributed by atoms with E-state index in [1.54, 1.807) is 24.3 Å². The summed E-state index contributed by atoms with van der Waals surface area (Å²) in [6.07, 6.45) is 1.42. The fourth-order valence-electron chi connectivity index (χ4n) is 1.44. The molecule has 0 saturated heterocycles. The van der Waals surface area contributed by atoms with Crippen molar-refractivity contribution in [2.75, 3.05) is 12.8 Å². The van der Waals surface area contributed by atoms with E-state index in [2.05, 4.69) is 9.72 Å². The van der Waals surface area contributed by atoms with Crippen LogP contribution < -0.4 is 10.5 Å². The largest absolute Gasteiger partial charge is 0.465 e. The number of hydrogen-bond donors (Lipinski definition) is 1. The summed E-state index contributed by atoms with van der Waals surface area (Å²) in [6.45, 7) is 0. The number of aromatic nitrogens is 1. The molecule has 0 bridgehead atoms. The van der Waals surface area contributed by atoms with Crippen LogP contribution in [0.3, 0.4) is 0 Å². The van der Waals surface area contributed by atoms with Crippen molar-refractivity contribution in [3.8, 4) is 11.6 Å². The first kappa shape index (κ1) is 13.2. The summed E-state index contributed by atoms with van der Waals surface area (Å²) in [7, 11) is 1.28. The van der Waals surface area contributed by atoms with Gasteiger partial charge in [-0.05, 0) is 30.3 Å². The Morgan fingerprint density at radius 3 is 2.58 bits per heavy atom. The molecule has 98 valence electrons. The molecule has 1 aromatic heterocycles. The number of carbonyl (C=O) groups is 1. The van der Waals surface area contributed by atoms with Crippen LogP contribution in [0.5, 0.6) is 11.6 Å². The molecule has 0 radical (unpaired) electrons. The molecule has 0 fully saturated rings. The Labute approximate surface area is 114 Å². The van der Waals surface area contributed by atoms with E-state index < -0.39 is 5.97 Å². The van der Waals surface area contributed by atoms with Crippen LogP contribution in [0.1, 0.15) is 10.4 Å². The van der Waals surface area contributed by atoms with Crippen LogP contribution in [0.25, 0.3) is 0 Å². The molecule has 0 aliphatic carbocycles. The predicted molar refractivity (Wildman–Crippen MR) is 71.5 cm³/mol. The van der Waals surface area contributed by atoms with E-state index in [0.29, 0.717) is 10.8 Å². The number of rotatable bonds is 3. The third-order valence-electron chi connectivity index (χ3n) is 2.39. The highest BCUT2D eigenvalue weighted by molar-refractivity contribution is 6.30. The third-order valence-corrected chi connectivity index (χ3v) is 2.64. The maximum atomic E-state index is 11.5. The molecule has 0 spiro atoms. The predicted octanol–water partition coefficient (Wildman–Crippen LogP) is 2.90. The molecule has 1 heterocycles. The second-order valence-corrected chi connectivity index (χ2v) is 4.06. The van der Waals surface area contributed by atoms with Gasteiger partial charge in [-0.1, -0.05) is 11.6 Å². The van der Waals surface area contributed by atoms with Gasteiger partial charge in [-0.25, -0.2) is 9.78 Å². The van der Waals surface area contributed by atoms with Crippen molar-refractivity contribution in [2.24, 2.45) is 0 Å². The van der Waals surface area contributed by atoms with Crippen molar-refractivity contribution < 1.29 is 14.3 Å². The number of pyridine rings is 1. The Morgan fingerprint density at radius 2 is 1.95 bits per heavy atom. The molecular formula is C13H11ClN2O3. The highest BCUT2D eigenvalue weighted by Crippen LogP contribution is 2.28. The molecule has 0 atom stereocenters. The normalized spacial score (nSPS) is 10.0. The van der Waals surface area contributed by atoms with Gasteiger partial charge in [0, 0.05) is 11.2 Å². The summed E-state index contributed by atoms with van der Waals surface area (Å²) in [5.74, 6) is 0.122. The van der Waals surface area contributed by atoms with Crippen molar-refractivity contribution in [1.82, 2.24) is 4.98 Å². The maximum Gasteiger partial charge on any atom is 0.340 e. The van der Waals surface area contributed by atoms with Crippen LogP contribution in [0.15, 0.2) is 36.5 Å². The molecule has 0 aliphatic rings. The first-order valence-corrected chi connectivity index (χ1v) is 5.76. The number of esters is 1. The minimum atomic E-state index is -0.541. The SMILES string of the molecule is COC(=O)c1ccnc(Oc2ccc(Cl)cc2)c1N. The lowest BCUT2D eigenvalue weighted by molar-refractivity contribution is 0.0601. The average Bonchev–Trinajstić information content (AvgIpc) is 2.43. The summed E-state index contributed by atoms with van der Waals surface area (Å²) in [6, 6.07) is 8.17. The number of hydrogen-bond acceptors (Lipinski definition) is 5. The fourth-order valence-corrected chi connectivity index (χ4v) is 1.56. The summed E-state index contributed by atoms with van der Waals surface area (Å²) < 4.78 is 10.1. The summed E-state index contributed by atoms with van der Waals surface area (Å²) >= 11 is 5.77. The zero-order valence-corrected chi connectivity index (χ0v) is 10.8. The number of ether oxygens (including phenoxy) is 2. The molecular weight excluding hydrogens is 268 g/mol. The first-order valence-electron chi connectivity index (χ1n) is 5.38. The molecule has 2 rings (SSSR count). The molecule has 0 aliphatic heterocycles. The molecule has 2 aromatic rings. The van der Waals surface area contributed by atoms with Crippen LogP contribution >= 0.6 is 11.6 Å². The Bertz CT molecular complexity index is 599. The molecule has 1 aromatic carbocycles. The number of nitrogens with zero attached hydrogens (tertiary/aromatic N) is 1. The molecule has 0 amide bonds. The van der Waals surface area contributed by atoms with E-state index in [1.165, 1.54) is 19.4 Å². The maximum absolute atomic E-state index is 11.5. The zero-order valence-electron chi connectivity index (χ0n) is 10.1. The van der Waals surface area contributed by atoms with Crippen LogP contribution in [-0.2, 0) is 4.74 Å². The lowest BCUT2D eigenvalue weighted by Crippen LogP contribution is -2.07. The smallest absolute Gasteiger partial charge is 0.340 e. The molecule has 0 unspecified atom stereocenters. The van der Waals surface area contributed by atoms with Crippen LogP contribution in [0.2, 0.25) is 5.02 Å². The van der Waals surface area contributed by atoms with Gasteiger partial charge in [-0.3, -0.25) is 0 Å². The van der Waals surface area contributed by atoms with Gasteiger partial charge in [0.1, 0.15) is 11.4 Å². The van der Waals surface area contributed by atoms with Crippen LogP contribution in [0.4, 0.5) is 5.69 Å². The Balaban J connectivity index is 2.30. The number of nitrogens with two attached hydrogens (primary N) is 1. The van der Waals surface area contributed by atoms with E-state index in [4.69, 9.17) is 22.1 Å². The molecule has 0 saturated carbocycles. The topological polar surface area (TPSA) is 74.4 Å². The Hall–Kier alpha value is -2.27. The second kappa shape index (κ2) is 5.58. The highest BCUT2D eigenvalue weighted by Gasteiger charge is 2.15. The third kappa shape index (κ3) is 2.95. The molecule has 19 heavy (non-hydrogen) atoms. The van der Waals surface area contributed by atoms with E-state index >= 15 is 0 Å². The second-order valence-electron chi connectivity index (χ2n) is 3.62. The van der Waals surface area contributed by atoms with Gasteiger partial charge in [0.2, 0.25) is 5.88 Å². The minimum Gasteiger partial charge on any atom is -0.465 e. The highest BCUT2D eigenvalue weighted by atomic mass is 35.5. The number of nitrogen functional groups attached to an aromatic ring is 1. The number of methoxy groups -OCH3 is 1.